The Balaban J connectivity index is 1.90. The lowest BCUT2D eigenvalue weighted by molar-refractivity contribution is -0.138. The smallest absolute Gasteiger partial charge is 0.398 e. The molecule has 1 unspecified atom stereocenters. The van der Waals surface area contributed by atoms with E-state index in [9.17, 15) is 18.0 Å². The van der Waals surface area contributed by atoms with Crippen molar-refractivity contribution in [1.29, 1.82) is 0 Å². The average Bonchev–Trinajstić information content (AvgIpc) is 3.23. The molecule has 2 atom stereocenters. The van der Waals surface area contributed by atoms with Gasteiger partial charge in [0.25, 0.3) is 0 Å². The topological polar surface area (TPSA) is 49.6 Å². The highest BCUT2D eigenvalue weighted by molar-refractivity contribution is 6.33. The lowest BCUT2D eigenvalue weighted by Gasteiger charge is -2.32. The molecule has 2 aromatic rings. The number of alkyl halides is 3. The highest BCUT2D eigenvalue weighted by atomic mass is 35.5. The van der Waals surface area contributed by atoms with Gasteiger partial charge in [-0.25, -0.2) is 0 Å². The number of likely N-dealkylation sites (tertiary alicyclic amines) is 1. The quantitative estimate of drug-likeness (QED) is 0.509. The molecule has 0 aliphatic carbocycles. The molecule has 0 spiro atoms. The zero-order valence-corrected chi connectivity index (χ0v) is 19.1. The van der Waals surface area contributed by atoms with Crippen molar-refractivity contribution in [2.45, 2.75) is 51.9 Å². The molecule has 0 aromatic heterocycles. The SMILES string of the molecule is CCC(C)CC(=O)N1CC[C@H](N(Cc2ccccc2C(F)(F)F)c2ccc(N)c(Cl)c2)C1. The third kappa shape index (κ3) is 5.68. The van der Waals surface area contributed by atoms with Gasteiger partial charge >= 0.3 is 6.18 Å². The first kappa shape index (κ1) is 24.2. The van der Waals surface area contributed by atoms with Gasteiger partial charge in [-0.1, -0.05) is 50.1 Å². The van der Waals surface area contributed by atoms with E-state index in [4.69, 9.17) is 17.3 Å². The van der Waals surface area contributed by atoms with E-state index in [2.05, 4.69) is 6.92 Å². The van der Waals surface area contributed by atoms with E-state index in [-0.39, 0.29) is 24.1 Å². The number of carbonyl (C=O) groups excluding carboxylic acids is 1. The van der Waals surface area contributed by atoms with Crippen LogP contribution in [-0.4, -0.2) is 29.9 Å². The van der Waals surface area contributed by atoms with Gasteiger partial charge in [0, 0.05) is 37.8 Å². The Labute approximate surface area is 192 Å². The number of carbonyl (C=O) groups is 1. The second kappa shape index (κ2) is 10.0. The number of halogens is 4. The molecule has 0 radical (unpaired) electrons. The number of rotatable bonds is 7. The molecule has 3 rings (SSSR count). The van der Waals surface area contributed by atoms with Crippen molar-refractivity contribution < 1.29 is 18.0 Å². The molecule has 2 aromatic carbocycles. The zero-order valence-electron chi connectivity index (χ0n) is 18.3. The van der Waals surface area contributed by atoms with Gasteiger partial charge in [0.15, 0.2) is 0 Å². The highest BCUT2D eigenvalue weighted by Gasteiger charge is 2.35. The molecule has 1 fully saturated rings. The van der Waals surface area contributed by atoms with Crippen molar-refractivity contribution in [3.8, 4) is 0 Å². The van der Waals surface area contributed by atoms with Crippen LogP contribution in [0.25, 0.3) is 0 Å². The monoisotopic (exact) mass is 467 g/mol. The second-order valence-corrected chi connectivity index (χ2v) is 8.90. The predicted molar refractivity (Wildman–Crippen MR) is 123 cm³/mol. The number of nitrogens with two attached hydrogens (primary N) is 1. The van der Waals surface area contributed by atoms with Crippen molar-refractivity contribution in [1.82, 2.24) is 4.90 Å². The summed E-state index contributed by atoms with van der Waals surface area (Å²) in [4.78, 5) is 16.4. The number of nitrogen functional groups attached to an aromatic ring is 1. The highest BCUT2D eigenvalue weighted by Crippen LogP contribution is 2.35. The van der Waals surface area contributed by atoms with E-state index < -0.39 is 11.7 Å². The first-order valence-electron chi connectivity index (χ1n) is 10.8. The summed E-state index contributed by atoms with van der Waals surface area (Å²) in [5.74, 6) is 0.389. The van der Waals surface area contributed by atoms with E-state index in [0.717, 1.165) is 12.5 Å². The number of hydrogen-bond acceptors (Lipinski definition) is 3. The van der Waals surface area contributed by atoms with Gasteiger partial charge in [0.1, 0.15) is 0 Å². The Morgan fingerprint density at radius 3 is 2.66 bits per heavy atom. The van der Waals surface area contributed by atoms with Crippen LogP contribution in [0.1, 0.15) is 44.2 Å². The van der Waals surface area contributed by atoms with Crippen LogP contribution in [0, 0.1) is 5.92 Å². The molecule has 1 amide bonds. The Hall–Kier alpha value is -2.41. The predicted octanol–water partition coefficient (Wildman–Crippen LogP) is 5.98. The molecule has 32 heavy (non-hydrogen) atoms. The van der Waals surface area contributed by atoms with Crippen molar-refractivity contribution >= 4 is 28.9 Å². The summed E-state index contributed by atoms with van der Waals surface area (Å²) in [5, 5.41) is 0.347. The van der Waals surface area contributed by atoms with Crippen LogP contribution in [0.3, 0.4) is 0 Å². The lowest BCUT2D eigenvalue weighted by Crippen LogP contribution is -2.39. The molecule has 2 N–H and O–H groups in total. The maximum Gasteiger partial charge on any atom is 0.416 e. The molecule has 0 bridgehead atoms. The average molecular weight is 468 g/mol. The molecule has 1 aliphatic rings. The lowest BCUT2D eigenvalue weighted by atomic mass is 10.0. The maximum absolute atomic E-state index is 13.6. The Morgan fingerprint density at radius 1 is 1.28 bits per heavy atom. The number of benzene rings is 2. The van der Waals surface area contributed by atoms with Crippen LogP contribution in [-0.2, 0) is 17.5 Å². The minimum atomic E-state index is -4.45. The first-order valence-corrected chi connectivity index (χ1v) is 11.2. The van der Waals surface area contributed by atoms with Crippen molar-refractivity contribution in [2.24, 2.45) is 5.92 Å². The molecule has 0 saturated carbocycles. The fourth-order valence-corrected chi connectivity index (χ4v) is 4.21. The molecule has 1 aliphatic heterocycles. The van der Waals surface area contributed by atoms with E-state index in [1.54, 1.807) is 24.3 Å². The van der Waals surface area contributed by atoms with Gasteiger partial charge in [0.2, 0.25) is 5.91 Å². The molecular weight excluding hydrogens is 439 g/mol. The fourth-order valence-electron chi connectivity index (χ4n) is 4.04. The zero-order chi connectivity index (χ0) is 23.5. The van der Waals surface area contributed by atoms with Crippen molar-refractivity contribution in [2.75, 3.05) is 23.7 Å². The van der Waals surface area contributed by atoms with Crippen LogP contribution < -0.4 is 10.6 Å². The Morgan fingerprint density at radius 2 is 2.00 bits per heavy atom. The minimum absolute atomic E-state index is 0.0496. The van der Waals surface area contributed by atoms with E-state index in [1.165, 1.54) is 12.1 Å². The summed E-state index contributed by atoms with van der Waals surface area (Å²) in [5.41, 5.74) is 6.45. The number of anilines is 2. The summed E-state index contributed by atoms with van der Waals surface area (Å²) < 4.78 is 40.8. The van der Waals surface area contributed by atoms with Crippen LogP contribution >= 0.6 is 11.6 Å². The number of hydrogen-bond donors (Lipinski definition) is 1. The summed E-state index contributed by atoms with van der Waals surface area (Å²) in [6, 6.07) is 10.6. The standard InChI is InChI=1S/C24H29ClF3N3O/c1-3-16(2)12-23(32)30-11-10-19(15-30)31(18-8-9-22(29)21(25)13-18)14-17-6-4-5-7-20(17)24(26,27)28/h4-9,13,16,19H,3,10-12,14-15,29H2,1-2H3/t16?,19-/m0/s1. The summed E-state index contributed by atoms with van der Waals surface area (Å²) in [7, 11) is 0. The van der Waals surface area contributed by atoms with E-state index >= 15 is 0 Å². The fraction of sp³-hybridized carbons (Fsp3) is 0.458. The van der Waals surface area contributed by atoms with Crippen LogP contribution in [0.15, 0.2) is 42.5 Å². The minimum Gasteiger partial charge on any atom is -0.398 e. The molecule has 8 heteroatoms. The normalized spacial score (nSPS) is 17.4. The van der Waals surface area contributed by atoms with Gasteiger partial charge in [-0.15, -0.1) is 0 Å². The number of amides is 1. The van der Waals surface area contributed by atoms with E-state index in [1.807, 2.05) is 16.7 Å². The van der Waals surface area contributed by atoms with Crippen LogP contribution in [0.4, 0.5) is 24.5 Å². The first-order chi connectivity index (χ1) is 15.1. The largest absolute Gasteiger partial charge is 0.416 e. The summed E-state index contributed by atoms with van der Waals surface area (Å²) in [6.45, 7) is 5.19. The summed E-state index contributed by atoms with van der Waals surface area (Å²) in [6.07, 6.45) is -2.38. The molecule has 1 saturated heterocycles. The second-order valence-electron chi connectivity index (χ2n) is 8.49. The van der Waals surface area contributed by atoms with Crippen molar-refractivity contribution in [3.63, 3.8) is 0 Å². The van der Waals surface area contributed by atoms with Gasteiger partial charge in [-0.2, -0.15) is 13.2 Å². The Bertz CT molecular complexity index is 950. The van der Waals surface area contributed by atoms with E-state index in [0.29, 0.717) is 48.2 Å². The van der Waals surface area contributed by atoms with Gasteiger partial charge in [-0.3, -0.25) is 4.79 Å². The van der Waals surface area contributed by atoms with Gasteiger partial charge in [0.05, 0.1) is 16.3 Å². The maximum atomic E-state index is 13.6. The van der Waals surface area contributed by atoms with Crippen molar-refractivity contribution in [3.05, 3.63) is 58.6 Å². The third-order valence-corrected chi connectivity index (χ3v) is 6.48. The molecule has 1 heterocycles. The summed E-state index contributed by atoms with van der Waals surface area (Å²) >= 11 is 6.23. The molecule has 4 nitrogen and oxygen atoms in total. The van der Waals surface area contributed by atoms with Crippen LogP contribution in [0.2, 0.25) is 5.02 Å². The molecular formula is C24H29ClF3N3O. The van der Waals surface area contributed by atoms with Gasteiger partial charge < -0.3 is 15.5 Å². The third-order valence-electron chi connectivity index (χ3n) is 6.16. The van der Waals surface area contributed by atoms with Gasteiger partial charge in [-0.05, 0) is 42.2 Å². The van der Waals surface area contributed by atoms with Crippen LogP contribution in [0.5, 0.6) is 0 Å². The Kier molecular flexibility index (Phi) is 7.59. The molecule has 174 valence electrons. The number of nitrogens with zero attached hydrogens (tertiary/aromatic N) is 2.